The lowest BCUT2D eigenvalue weighted by molar-refractivity contribution is -0.117. The van der Waals surface area contributed by atoms with Gasteiger partial charge in [0.2, 0.25) is 17.6 Å². The number of halogens is 2. The van der Waals surface area contributed by atoms with Gasteiger partial charge in [0.15, 0.2) is 0 Å². The third kappa shape index (κ3) is 3.14. The third-order valence-corrected chi connectivity index (χ3v) is 5.01. The normalized spacial score (nSPS) is 17.1. The van der Waals surface area contributed by atoms with E-state index in [-0.39, 0.29) is 24.1 Å². The highest BCUT2D eigenvalue weighted by Gasteiger charge is 2.35. The van der Waals surface area contributed by atoms with Gasteiger partial charge in [0.25, 0.3) is 0 Å². The predicted molar refractivity (Wildman–Crippen MR) is 98.3 cm³/mol. The van der Waals surface area contributed by atoms with Gasteiger partial charge in [-0.15, -0.1) is 0 Å². The van der Waals surface area contributed by atoms with Crippen LogP contribution in [0.4, 0.5) is 10.1 Å². The molecular formula is C19H15BrFN3O2. The monoisotopic (exact) mass is 415 g/mol. The molecule has 1 amide bonds. The molecule has 0 aliphatic carbocycles. The fourth-order valence-electron chi connectivity index (χ4n) is 2.99. The number of anilines is 1. The number of carbonyl (C=O) groups is 1. The van der Waals surface area contributed by atoms with Gasteiger partial charge in [-0.3, -0.25) is 4.79 Å². The maximum absolute atomic E-state index is 13.8. The Bertz CT molecular complexity index is 971. The fraction of sp³-hybridized carbons (Fsp3) is 0.211. The lowest BCUT2D eigenvalue weighted by Gasteiger charge is -2.16. The van der Waals surface area contributed by atoms with Crippen molar-refractivity contribution >= 4 is 27.5 Å². The Kier molecular flexibility index (Phi) is 4.32. The van der Waals surface area contributed by atoms with Gasteiger partial charge in [-0.05, 0) is 48.9 Å². The van der Waals surface area contributed by atoms with Crippen molar-refractivity contribution in [1.82, 2.24) is 10.1 Å². The molecule has 0 N–H and O–H groups in total. The number of carbonyl (C=O) groups excluding carboxylic acids is 1. The highest BCUT2D eigenvalue weighted by Crippen LogP contribution is 2.32. The van der Waals surface area contributed by atoms with E-state index < -0.39 is 0 Å². The molecule has 132 valence electrons. The topological polar surface area (TPSA) is 59.2 Å². The average Bonchev–Trinajstić information content (AvgIpc) is 3.25. The highest BCUT2D eigenvalue weighted by atomic mass is 79.9. The zero-order valence-electron chi connectivity index (χ0n) is 13.9. The van der Waals surface area contributed by atoms with Crippen LogP contribution >= 0.6 is 15.9 Å². The van der Waals surface area contributed by atoms with Gasteiger partial charge >= 0.3 is 0 Å². The molecule has 0 unspecified atom stereocenters. The van der Waals surface area contributed by atoms with Gasteiger partial charge in [0.1, 0.15) is 5.82 Å². The zero-order valence-corrected chi connectivity index (χ0v) is 15.5. The van der Waals surface area contributed by atoms with Crippen LogP contribution < -0.4 is 4.90 Å². The molecule has 1 saturated heterocycles. The van der Waals surface area contributed by atoms with Gasteiger partial charge in [-0.1, -0.05) is 27.2 Å². The smallest absolute Gasteiger partial charge is 0.232 e. The average molecular weight is 416 g/mol. The number of hydrogen-bond acceptors (Lipinski definition) is 4. The second kappa shape index (κ2) is 6.64. The second-order valence-corrected chi connectivity index (χ2v) is 7.22. The Hall–Kier alpha value is -2.54. The van der Waals surface area contributed by atoms with E-state index in [1.165, 1.54) is 6.07 Å². The predicted octanol–water partition coefficient (Wildman–Crippen LogP) is 4.47. The van der Waals surface area contributed by atoms with Gasteiger partial charge in [-0.25, -0.2) is 4.39 Å². The molecule has 2 aromatic carbocycles. The number of benzene rings is 2. The number of hydrogen-bond donors (Lipinski definition) is 0. The van der Waals surface area contributed by atoms with E-state index >= 15 is 0 Å². The Morgan fingerprint density at radius 1 is 1.23 bits per heavy atom. The summed E-state index contributed by atoms with van der Waals surface area (Å²) in [5.41, 5.74) is 1.94. The molecule has 1 fully saturated rings. The zero-order chi connectivity index (χ0) is 18.3. The molecule has 26 heavy (non-hydrogen) atoms. The van der Waals surface area contributed by atoms with Crippen molar-refractivity contribution in [2.24, 2.45) is 0 Å². The molecule has 2 heterocycles. The number of amides is 1. The van der Waals surface area contributed by atoms with Crippen LogP contribution in [0.15, 0.2) is 51.5 Å². The molecule has 4 rings (SSSR count). The quantitative estimate of drug-likeness (QED) is 0.633. The van der Waals surface area contributed by atoms with Crippen LogP contribution in [0.1, 0.15) is 23.8 Å². The molecule has 1 aliphatic rings. The Balaban J connectivity index is 1.55. The number of rotatable bonds is 3. The number of nitrogens with zero attached hydrogens (tertiary/aromatic N) is 3. The van der Waals surface area contributed by atoms with Crippen LogP contribution in [0.3, 0.4) is 0 Å². The van der Waals surface area contributed by atoms with E-state index in [1.54, 1.807) is 24.0 Å². The lowest BCUT2D eigenvalue weighted by Crippen LogP contribution is -2.24. The van der Waals surface area contributed by atoms with Gasteiger partial charge in [0.05, 0.1) is 5.92 Å². The molecule has 0 bridgehead atoms. The summed E-state index contributed by atoms with van der Waals surface area (Å²) >= 11 is 3.39. The summed E-state index contributed by atoms with van der Waals surface area (Å²) < 4.78 is 20.2. The van der Waals surface area contributed by atoms with Crippen LogP contribution in [-0.2, 0) is 4.79 Å². The first-order valence-electron chi connectivity index (χ1n) is 8.17. The molecular weight excluding hydrogens is 401 g/mol. The summed E-state index contributed by atoms with van der Waals surface area (Å²) in [5, 5.41) is 4.02. The minimum absolute atomic E-state index is 0.0818. The van der Waals surface area contributed by atoms with E-state index in [4.69, 9.17) is 4.52 Å². The largest absolute Gasteiger partial charge is 0.339 e. The number of aromatic nitrogens is 2. The van der Waals surface area contributed by atoms with E-state index in [2.05, 4.69) is 26.1 Å². The molecule has 1 aliphatic heterocycles. The Morgan fingerprint density at radius 3 is 2.73 bits per heavy atom. The molecule has 0 saturated carbocycles. The molecule has 1 atom stereocenters. The standard InChI is InChI=1S/C19H15BrFN3O2/c1-11-2-7-15(9-16(11)21)24-10-13(8-17(24)25)19-22-18(23-26-19)12-3-5-14(20)6-4-12/h2-7,9,13H,8,10H2,1H3/t13-/m0/s1. The van der Waals surface area contributed by atoms with Crippen molar-refractivity contribution in [1.29, 1.82) is 0 Å². The van der Waals surface area contributed by atoms with E-state index in [9.17, 15) is 9.18 Å². The van der Waals surface area contributed by atoms with Crippen molar-refractivity contribution in [3.8, 4) is 11.4 Å². The highest BCUT2D eigenvalue weighted by molar-refractivity contribution is 9.10. The second-order valence-electron chi connectivity index (χ2n) is 6.30. The number of aryl methyl sites for hydroxylation is 1. The summed E-state index contributed by atoms with van der Waals surface area (Å²) in [6.45, 7) is 2.08. The molecule has 0 radical (unpaired) electrons. The van der Waals surface area contributed by atoms with Crippen LogP contribution in [0.2, 0.25) is 0 Å². The maximum atomic E-state index is 13.8. The molecule has 3 aromatic rings. The van der Waals surface area contributed by atoms with E-state index in [0.717, 1.165) is 10.0 Å². The molecule has 7 heteroatoms. The van der Waals surface area contributed by atoms with Crippen molar-refractivity contribution in [2.45, 2.75) is 19.3 Å². The van der Waals surface area contributed by atoms with Crippen molar-refractivity contribution < 1.29 is 13.7 Å². The van der Waals surface area contributed by atoms with E-state index in [1.807, 2.05) is 24.3 Å². The van der Waals surface area contributed by atoms with Gasteiger partial charge < -0.3 is 9.42 Å². The SMILES string of the molecule is Cc1ccc(N2C[C@@H](c3nc(-c4ccc(Br)cc4)no3)CC2=O)cc1F. The van der Waals surface area contributed by atoms with Gasteiger partial charge in [0, 0.05) is 28.7 Å². The van der Waals surface area contributed by atoms with Crippen molar-refractivity contribution in [3.05, 3.63) is 64.2 Å². The van der Waals surface area contributed by atoms with E-state index in [0.29, 0.717) is 29.5 Å². The minimum atomic E-state index is -0.325. The Morgan fingerprint density at radius 2 is 2.00 bits per heavy atom. The molecule has 0 spiro atoms. The maximum Gasteiger partial charge on any atom is 0.232 e. The van der Waals surface area contributed by atoms with Crippen molar-refractivity contribution in [2.75, 3.05) is 11.4 Å². The van der Waals surface area contributed by atoms with Crippen molar-refractivity contribution in [3.63, 3.8) is 0 Å². The minimum Gasteiger partial charge on any atom is -0.339 e. The first kappa shape index (κ1) is 16.9. The molecule has 1 aromatic heterocycles. The van der Waals surface area contributed by atoms with Crippen LogP contribution in [-0.4, -0.2) is 22.6 Å². The summed E-state index contributed by atoms with van der Waals surface area (Å²) in [4.78, 5) is 18.4. The summed E-state index contributed by atoms with van der Waals surface area (Å²) in [7, 11) is 0. The van der Waals surface area contributed by atoms with Crippen LogP contribution in [0, 0.1) is 12.7 Å². The molecule has 5 nitrogen and oxygen atoms in total. The summed E-state index contributed by atoms with van der Waals surface area (Å²) in [5.74, 6) is 0.297. The first-order valence-corrected chi connectivity index (χ1v) is 8.96. The first-order chi connectivity index (χ1) is 12.5. The lowest BCUT2D eigenvalue weighted by atomic mass is 10.1. The Labute approximate surface area is 158 Å². The third-order valence-electron chi connectivity index (χ3n) is 4.49. The summed E-state index contributed by atoms with van der Waals surface area (Å²) in [6.07, 6.45) is 0.261. The van der Waals surface area contributed by atoms with Gasteiger partial charge in [-0.2, -0.15) is 4.98 Å². The van der Waals surface area contributed by atoms with Crippen LogP contribution in [0.25, 0.3) is 11.4 Å². The summed E-state index contributed by atoms with van der Waals surface area (Å²) in [6, 6.07) is 12.4. The van der Waals surface area contributed by atoms with Crippen LogP contribution in [0.5, 0.6) is 0 Å². The fourth-order valence-corrected chi connectivity index (χ4v) is 3.25.